The van der Waals surface area contributed by atoms with E-state index in [9.17, 15) is 0 Å². The molecule has 0 spiro atoms. The lowest BCUT2D eigenvalue weighted by atomic mass is 10.1. The Hall–Kier alpha value is -2.00. The van der Waals surface area contributed by atoms with Crippen LogP contribution in [-0.2, 0) is 13.1 Å². The van der Waals surface area contributed by atoms with Gasteiger partial charge in [-0.25, -0.2) is 0 Å². The minimum Gasteiger partial charge on any atom is -0.497 e. The highest BCUT2D eigenvalue weighted by atomic mass is 16.5. The molecule has 3 heteroatoms. The first kappa shape index (κ1) is 14.4. The van der Waals surface area contributed by atoms with Crippen LogP contribution in [0.15, 0.2) is 42.5 Å². The van der Waals surface area contributed by atoms with Gasteiger partial charge in [-0.1, -0.05) is 24.3 Å². The fraction of sp³-hybridized carbons (Fsp3) is 0.294. The molecule has 2 aromatic rings. The maximum atomic E-state index is 5.26. The van der Waals surface area contributed by atoms with E-state index in [0.717, 1.165) is 30.2 Å². The molecule has 0 aromatic heterocycles. The van der Waals surface area contributed by atoms with Crippen LogP contribution < -0.4 is 14.8 Å². The molecule has 0 unspecified atom stereocenters. The lowest BCUT2D eigenvalue weighted by molar-refractivity contribution is 0.411. The summed E-state index contributed by atoms with van der Waals surface area (Å²) < 4.78 is 10.5. The number of hydrogen-bond donors (Lipinski definition) is 1. The first-order valence-corrected chi connectivity index (χ1v) is 6.70. The van der Waals surface area contributed by atoms with Crippen LogP contribution >= 0.6 is 0 Å². The Morgan fingerprint density at radius 1 is 0.900 bits per heavy atom. The van der Waals surface area contributed by atoms with Gasteiger partial charge in [0.15, 0.2) is 0 Å². The van der Waals surface area contributed by atoms with E-state index < -0.39 is 0 Å². The summed E-state index contributed by atoms with van der Waals surface area (Å²) in [6, 6.07) is 14.4. The zero-order valence-corrected chi connectivity index (χ0v) is 12.3. The van der Waals surface area contributed by atoms with Gasteiger partial charge >= 0.3 is 0 Å². The van der Waals surface area contributed by atoms with Crippen LogP contribution in [0.5, 0.6) is 11.5 Å². The molecule has 0 heterocycles. The lowest BCUT2D eigenvalue weighted by Gasteiger charge is -2.09. The zero-order chi connectivity index (χ0) is 14.4. The van der Waals surface area contributed by atoms with E-state index >= 15 is 0 Å². The standard InChI is InChI=1S/C17H21NO2/c1-13-9-15(7-8-17(13)20-3)12-18-11-14-5-4-6-16(10-14)19-2/h4-10,18H,11-12H2,1-3H3. The Morgan fingerprint density at radius 3 is 2.30 bits per heavy atom. The van der Waals surface area contributed by atoms with Crippen molar-refractivity contribution in [1.29, 1.82) is 0 Å². The van der Waals surface area contributed by atoms with Crippen molar-refractivity contribution in [1.82, 2.24) is 5.32 Å². The Kier molecular flexibility index (Phi) is 5.02. The summed E-state index contributed by atoms with van der Waals surface area (Å²) in [6.07, 6.45) is 0. The first-order chi connectivity index (χ1) is 9.72. The van der Waals surface area contributed by atoms with Crippen molar-refractivity contribution in [3.63, 3.8) is 0 Å². The predicted molar refractivity (Wildman–Crippen MR) is 81.3 cm³/mol. The third-order valence-electron chi connectivity index (χ3n) is 3.25. The van der Waals surface area contributed by atoms with E-state index in [1.165, 1.54) is 11.1 Å². The highest BCUT2D eigenvalue weighted by molar-refractivity contribution is 5.36. The minimum atomic E-state index is 0.822. The fourth-order valence-electron chi connectivity index (χ4n) is 2.18. The van der Waals surface area contributed by atoms with Crippen LogP contribution in [-0.4, -0.2) is 14.2 Å². The van der Waals surface area contributed by atoms with E-state index in [0.29, 0.717) is 0 Å². The Bertz CT molecular complexity index is 567. The maximum Gasteiger partial charge on any atom is 0.121 e. The van der Waals surface area contributed by atoms with Gasteiger partial charge < -0.3 is 14.8 Å². The summed E-state index contributed by atoms with van der Waals surface area (Å²) >= 11 is 0. The van der Waals surface area contributed by atoms with Crippen LogP contribution in [0.1, 0.15) is 16.7 Å². The van der Waals surface area contributed by atoms with Crippen molar-refractivity contribution >= 4 is 0 Å². The average Bonchev–Trinajstić information content (AvgIpc) is 2.48. The number of rotatable bonds is 6. The number of aryl methyl sites for hydroxylation is 1. The summed E-state index contributed by atoms with van der Waals surface area (Å²) in [5, 5.41) is 3.44. The lowest BCUT2D eigenvalue weighted by Crippen LogP contribution is -2.12. The number of benzene rings is 2. The second kappa shape index (κ2) is 6.96. The quantitative estimate of drug-likeness (QED) is 0.874. The van der Waals surface area contributed by atoms with Gasteiger partial charge in [-0.3, -0.25) is 0 Å². The summed E-state index contributed by atoms with van der Waals surface area (Å²) in [5.41, 5.74) is 3.63. The molecule has 0 aliphatic carbocycles. The zero-order valence-electron chi connectivity index (χ0n) is 12.3. The molecule has 0 fully saturated rings. The van der Waals surface area contributed by atoms with Crippen molar-refractivity contribution in [2.75, 3.05) is 14.2 Å². The fourth-order valence-corrected chi connectivity index (χ4v) is 2.18. The van der Waals surface area contributed by atoms with Crippen molar-refractivity contribution in [3.05, 3.63) is 59.2 Å². The van der Waals surface area contributed by atoms with Crippen LogP contribution in [0, 0.1) is 6.92 Å². The molecule has 2 aromatic carbocycles. The van der Waals surface area contributed by atoms with E-state index in [2.05, 4.69) is 30.4 Å². The number of nitrogens with one attached hydrogen (secondary N) is 1. The molecule has 0 saturated carbocycles. The largest absolute Gasteiger partial charge is 0.497 e. The molecule has 0 bridgehead atoms. The normalized spacial score (nSPS) is 10.3. The van der Waals surface area contributed by atoms with Gasteiger partial charge in [0.05, 0.1) is 14.2 Å². The molecule has 20 heavy (non-hydrogen) atoms. The second-order valence-electron chi connectivity index (χ2n) is 4.76. The highest BCUT2D eigenvalue weighted by Gasteiger charge is 2.00. The van der Waals surface area contributed by atoms with Gasteiger partial charge in [0.2, 0.25) is 0 Å². The van der Waals surface area contributed by atoms with Crippen LogP contribution in [0.25, 0.3) is 0 Å². The van der Waals surface area contributed by atoms with E-state index in [1.807, 2.05) is 24.3 Å². The van der Waals surface area contributed by atoms with Crippen molar-refractivity contribution in [3.8, 4) is 11.5 Å². The maximum absolute atomic E-state index is 5.26. The van der Waals surface area contributed by atoms with E-state index in [-0.39, 0.29) is 0 Å². The van der Waals surface area contributed by atoms with Gasteiger partial charge in [-0.05, 0) is 41.8 Å². The Balaban J connectivity index is 1.90. The topological polar surface area (TPSA) is 30.5 Å². The third kappa shape index (κ3) is 3.75. The Morgan fingerprint density at radius 2 is 1.65 bits per heavy atom. The van der Waals surface area contributed by atoms with Crippen LogP contribution in [0.3, 0.4) is 0 Å². The van der Waals surface area contributed by atoms with Gasteiger partial charge in [-0.2, -0.15) is 0 Å². The number of methoxy groups -OCH3 is 2. The molecule has 0 amide bonds. The summed E-state index contributed by atoms with van der Waals surface area (Å²) in [7, 11) is 3.38. The summed E-state index contributed by atoms with van der Waals surface area (Å²) in [6.45, 7) is 3.72. The van der Waals surface area contributed by atoms with Crippen molar-refractivity contribution in [2.24, 2.45) is 0 Å². The molecule has 0 radical (unpaired) electrons. The van der Waals surface area contributed by atoms with Crippen molar-refractivity contribution < 1.29 is 9.47 Å². The van der Waals surface area contributed by atoms with Crippen LogP contribution in [0.2, 0.25) is 0 Å². The predicted octanol–water partition coefficient (Wildman–Crippen LogP) is 3.30. The summed E-state index contributed by atoms with van der Waals surface area (Å²) in [4.78, 5) is 0. The third-order valence-corrected chi connectivity index (χ3v) is 3.25. The minimum absolute atomic E-state index is 0.822. The first-order valence-electron chi connectivity index (χ1n) is 6.70. The smallest absolute Gasteiger partial charge is 0.121 e. The SMILES string of the molecule is COc1cccc(CNCc2ccc(OC)c(C)c2)c1. The second-order valence-corrected chi connectivity index (χ2v) is 4.76. The molecule has 3 nitrogen and oxygen atoms in total. The molecule has 106 valence electrons. The number of hydrogen-bond acceptors (Lipinski definition) is 3. The molecule has 2 rings (SSSR count). The Labute approximate surface area is 120 Å². The van der Waals surface area contributed by atoms with Gasteiger partial charge in [0, 0.05) is 13.1 Å². The number of ether oxygens (including phenoxy) is 2. The molecule has 0 saturated heterocycles. The highest BCUT2D eigenvalue weighted by Crippen LogP contribution is 2.18. The van der Waals surface area contributed by atoms with Gasteiger partial charge in [-0.15, -0.1) is 0 Å². The molecular weight excluding hydrogens is 250 g/mol. The summed E-state index contributed by atoms with van der Waals surface area (Å²) in [5.74, 6) is 1.83. The van der Waals surface area contributed by atoms with E-state index in [1.54, 1.807) is 14.2 Å². The van der Waals surface area contributed by atoms with Crippen LogP contribution in [0.4, 0.5) is 0 Å². The molecule has 0 aliphatic rings. The molecule has 0 aliphatic heterocycles. The monoisotopic (exact) mass is 271 g/mol. The van der Waals surface area contributed by atoms with Gasteiger partial charge in [0.25, 0.3) is 0 Å². The van der Waals surface area contributed by atoms with Gasteiger partial charge in [0.1, 0.15) is 11.5 Å². The average molecular weight is 271 g/mol. The molecule has 0 atom stereocenters. The molecule has 1 N–H and O–H groups in total. The van der Waals surface area contributed by atoms with E-state index in [4.69, 9.17) is 9.47 Å². The molecular formula is C17H21NO2. The van der Waals surface area contributed by atoms with Crippen molar-refractivity contribution in [2.45, 2.75) is 20.0 Å².